The van der Waals surface area contributed by atoms with Crippen molar-refractivity contribution < 1.29 is 13.2 Å². The molecule has 1 unspecified atom stereocenters. The lowest BCUT2D eigenvalue weighted by Crippen LogP contribution is -2.39. The van der Waals surface area contributed by atoms with Crippen molar-refractivity contribution in [2.24, 2.45) is 10.7 Å². The zero-order chi connectivity index (χ0) is 17.0. The third-order valence-corrected chi connectivity index (χ3v) is 5.27. The summed E-state index contributed by atoms with van der Waals surface area (Å²) in [5.41, 5.74) is 6.11. The Kier molecular flexibility index (Phi) is 5.38. The molecule has 1 aromatic rings. The van der Waals surface area contributed by atoms with E-state index in [1.807, 2.05) is 6.92 Å². The van der Waals surface area contributed by atoms with E-state index in [9.17, 15) is 13.2 Å². The van der Waals surface area contributed by atoms with E-state index < -0.39 is 10.0 Å². The first-order chi connectivity index (χ1) is 10.9. The van der Waals surface area contributed by atoms with E-state index in [-0.39, 0.29) is 16.8 Å². The van der Waals surface area contributed by atoms with Gasteiger partial charge in [0.2, 0.25) is 5.91 Å². The molecule has 1 atom stereocenters. The molecule has 3 N–H and O–H groups in total. The minimum absolute atomic E-state index is 0.00216. The van der Waals surface area contributed by atoms with E-state index in [2.05, 4.69) is 9.71 Å². The molecule has 0 radical (unpaired) electrons. The maximum Gasteiger partial charge on any atom is 0.263 e. The Morgan fingerprint density at radius 2 is 2.09 bits per heavy atom. The zero-order valence-electron chi connectivity index (χ0n) is 13.3. The number of nitrogens with one attached hydrogen (secondary N) is 1. The van der Waals surface area contributed by atoms with Crippen LogP contribution in [0, 0.1) is 0 Å². The molecule has 0 bridgehead atoms. The van der Waals surface area contributed by atoms with Gasteiger partial charge in [-0.05, 0) is 25.5 Å². The summed E-state index contributed by atoms with van der Waals surface area (Å²) in [6, 6.07) is 6.71. The number of fused-ring (bicyclic) bond motifs is 1. The Hall–Kier alpha value is -1.93. The second-order valence-corrected chi connectivity index (χ2v) is 7.18. The highest BCUT2D eigenvalue weighted by atomic mass is 32.2. The monoisotopic (exact) mass is 338 g/mol. The maximum atomic E-state index is 12.0. The van der Waals surface area contributed by atoms with E-state index >= 15 is 0 Å². The van der Waals surface area contributed by atoms with Crippen molar-refractivity contribution in [1.82, 2.24) is 9.62 Å². The van der Waals surface area contributed by atoms with Crippen molar-refractivity contribution in [3.8, 4) is 0 Å². The summed E-state index contributed by atoms with van der Waals surface area (Å²) in [5.74, 6) is 0.354. The number of benzene rings is 1. The Bertz CT molecular complexity index is 715. The van der Waals surface area contributed by atoms with Crippen molar-refractivity contribution in [3.05, 3.63) is 29.8 Å². The molecule has 0 aliphatic carbocycles. The maximum absolute atomic E-state index is 12.0. The second-order valence-electron chi connectivity index (χ2n) is 5.52. The molecule has 1 amide bonds. The van der Waals surface area contributed by atoms with Crippen LogP contribution < -0.4 is 10.5 Å². The van der Waals surface area contributed by atoms with E-state index in [4.69, 9.17) is 5.73 Å². The van der Waals surface area contributed by atoms with Crippen molar-refractivity contribution in [1.29, 1.82) is 0 Å². The first-order valence-electron chi connectivity index (χ1n) is 7.49. The van der Waals surface area contributed by atoms with Crippen LogP contribution in [0.2, 0.25) is 0 Å². The molecule has 1 aliphatic rings. The van der Waals surface area contributed by atoms with Gasteiger partial charge in [0, 0.05) is 38.2 Å². The van der Waals surface area contributed by atoms with E-state index in [0.29, 0.717) is 37.3 Å². The number of carbonyl (C=O) groups is 1. The number of nitrogens with two attached hydrogens (primary N) is 1. The molecule has 0 aromatic heterocycles. The second kappa shape index (κ2) is 7.10. The number of hydrogen-bond acceptors (Lipinski definition) is 5. The van der Waals surface area contributed by atoms with Gasteiger partial charge in [0.15, 0.2) is 0 Å². The van der Waals surface area contributed by atoms with Crippen LogP contribution in [-0.2, 0) is 14.8 Å². The fourth-order valence-corrected chi connectivity index (χ4v) is 3.50. The Morgan fingerprint density at radius 1 is 1.39 bits per heavy atom. The number of rotatable bonds is 6. The van der Waals surface area contributed by atoms with Gasteiger partial charge >= 0.3 is 0 Å². The molecule has 8 heteroatoms. The van der Waals surface area contributed by atoms with Gasteiger partial charge in [-0.25, -0.2) is 8.42 Å². The predicted molar refractivity (Wildman–Crippen MR) is 88.7 cm³/mol. The molecular weight excluding hydrogens is 316 g/mol. The van der Waals surface area contributed by atoms with Crippen LogP contribution >= 0.6 is 0 Å². The number of carbonyl (C=O) groups excluding carboxylic acids is 1. The summed E-state index contributed by atoms with van der Waals surface area (Å²) >= 11 is 0. The van der Waals surface area contributed by atoms with Gasteiger partial charge in [-0.2, -0.15) is 0 Å². The highest BCUT2D eigenvalue weighted by Crippen LogP contribution is 2.22. The molecule has 0 spiro atoms. The van der Waals surface area contributed by atoms with E-state index in [1.165, 1.54) is 0 Å². The van der Waals surface area contributed by atoms with Crippen LogP contribution in [0.15, 0.2) is 34.2 Å². The van der Waals surface area contributed by atoms with Gasteiger partial charge in [0.1, 0.15) is 5.84 Å². The first kappa shape index (κ1) is 17.4. The van der Waals surface area contributed by atoms with Gasteiger partial charge in [0.05, 0.1) is 4.90 Å². The fourth-order valence-electron chi connectivity index (χ4n) is 2.25. The number of amidine groups is 1. The number of aliphatic imine (C=N–C) groups is 1. The van der Waals surface area contributed by atoms with Crippen molar-refractivity contribution >= 4 is 21.8 Å². The average Bonchev–Trinajstić information content (AvgIpc) is 2.81. The summed E-state index contributed by atoms with van der Waals surface area (Å²) in [7, 11) is -1.78. The number of hydrogen-bond donors (Lipinski definition) is 2. The molecule has 23 heavy (non-hydrogen) atoms. The van der Waals surface area contributed by atoms with E-state index in [1.54, 1.807) is 36.2 Å². The molecule has 0 fully saturated rings. The third-order valence-electron chi connectivity index (χ3n) is 3.88. The van der Waals surface area contributed by atoms with Crippen LogP contribution in [0.5, 0.6) is 0 Å². The van der Waals surface area contributed by atoms with Gasteiger partial charge in [-0.15, -0.1) is 0 Å². The standard InChI is InChI=1S/C15H22N4O3S/c1-11(10-16)19(2)14(20)8-5-9-17-15-12-6-3-4-7-13(12)23(21,22)18-15/h3-4,6-7,11H,5,8-10,16H2,1-2H3,(H,17,18). The lowest BCUT2D eigenvalue weighted by Gasteiger charge is -2.23. The number of amides is 1. The minimum atomic E-state index is -3.51. The molecule has 126 valence electrons. The number of nitrogens with zero attached hydrogens (tertiary/aromatic N) is 2. The van der Waals surface area contributed by atoms with Gasteiger partial charge in [-0.3, -0.25) is 14.5 Å². The molecule has 0 saturated carbocycles. The summed E-state index contributed by atoms with van der Waals surface area (Å²) in [4.78, 5) is 18.1. The SMILES string of the molecule is CC(CN)N(C)C(=O)CCCN=C1NS(=O)(=O)c2ccccc21. The smallest absolute Gasteiger partial charge is 0.263 e. The van der Waals surface area contributed by atoms with Crippen molar-refractivity contribution in [3.63, 3.8) is 0 Å². The van der Waals surface area contributed by atoms with Gasteiger partial charge in [0.25, 0.3) is 10.0 Å². The topological polar surface area (TPSA) is 105 Å². The van der Waals surface area contributed by atoms with Crippen molar-refractivity contribution in [2.45, 2.75) is 30.7 Å². The predicted octanol–water partition coefficient (Wildman–Crippen LogP) is 0.311. The Balaban J connectivity index is 1.94. The van der Waals surface area contributed by atoms with Crippen LogP contribution in [0.1, 0.15) is 25.3 Å². The first-order valence-corrected chi connectivity index (χ1v) is 8.97. The van der Waals surface area contributed by atoms with Crippen LogP contribution in [0.3, 0.4) is 0 Å². The van der Waals surface area contributed by atoms with Crippen LogP contribution in [0.4, 0.5) is 0 Å². The largest absolute Gasteiger partial charge is 0.342 e. The van der Waals surface area contributed by atoms with E-state index in [0.717, 1.165) is 0 Å². The normalized spacial score (nSPS) is 18.3. The molecule has 1 heterocycles. The van der Waals surface area contributed by atoms with Crippen molar-refractivity contribution in [2.75, 3.05) is 20.1 Å². The molecule has 2 rings (SSSR count). The lowest BCUT2D eigenvalue weighted by molar-refractivity contribution is -0.131. The molecule has 1 aromatic carbocycles. The highest BCUT2D eigenvalue weighted by Gasteiger charge is 2.29. The zero-order valence-corrected chi connectivity index (χ0v) is 14.1. The Labute approximate surface area is 136 Å². The molecule has 0 saturated heterocycles. The summed E-state index contributed by atoms with van der Waals surface area (Å²) < 4.78 is 26.3. The summed E-state index contributed by atoms with van der Waals surface area (Å²) in [6.45, 7) is 2.69. The molecular formula is C15H22N4O3S. The van der Waals surface area contributed by atoms with Crippen LogP contribution in [0.25, 0.3) is 0 Å². The quantitative estimate of drug-likeness (QED) is 0.728. The lowest BCUT2D eigenvalue weighted by atomic mass is 10.2. The minimum Gasteiger partial charge on any atom is -0.342 e. The van der Waals surface area contributed by atoms with Crippen LogP contribution in [-0.4, -0.2) is 51.2 Å². The fraction of sp³-hybridized carbons (Fsp3) is 0.467. The molecule has 1 aliphatic heterocycles. The summed E-state index contributed by atoms with van der Waals surface area (Å²) in [6.07, 6.45) is 0.903. The van der Waals surface area contributed by atoms with Gasteiger partial charge < -0.3 is 10.6 Å². The highest BCUT2D eigenvalue weighted by molar-refractivity contribution is 7.90. The van der Waals surface area contributed by atoms with Gasteiger partial charge in [-0.1, -0.05) is 12.1 Å². The Morgan fingerprint density at radius 3 is 2.78 bits per heavy atom. The third kappa shape index (κ3) is 3.89. The number of sulfonamides is 1. The molecule has 7 nitrogen and oxygen atoms in total. The summed E-state index contributed by atoms with van der Waals surface area (Å²) in [5, 5.41) is 0. The number of likely N-dealkylation sites (N-methyl/N-ethyl adjacent to an activating group) is 1. The average molecular weight is 338 g/mol.